The summed E-state index contributed by atoms with van der Waals surface area (Å²) in [7, 11) is 2.74. The molecular weight excluding hydrogens is 224 g/mol. The Bertz CT molecular complexity index is 283. The fourth-order valence-corrected chi connectivity index (χ4v) is 2.00. The van der Waals surface area contributed by atoms with Crippen molar-refractivity contribution >= 4 is 12.1 Å². The normalized spacial score (nSPS) is 21.9. The van der Waals surface area contributed by atoms with Crippen LogP contribution in [-0.2, 0) is 14.3 Å². The molecule has 1 aliphatic rings. The number of amides is 1. The van der Waals surface area contributed by atoms with Crippen molar-refractivity contribution in [2.75, 3.05) is 33.9 Å². The van der Waals surface area contributed by atoms with Crippen LogP contribution in [0, 0.1) is 5.92 Å². The second kappa shape index (κ2) is 6.44. The molecule has 1 amide bonds. The molecule has 17 heavy (non-hydrogen) atoms. The summed E-state index contributed by atoms with van der Waals surface area (Å²) in [5.74, 6) is -0.341. The molecule has 0 bridgehead atoms. The zero-order valence-corrected chi connectivity index (χ0v) is 10.6. The summed E-state index contributed by atoms with van der Waals surface area (Å²) >= 11 is 0. The average molecular weight is 244 g/mol. The second-order valence-corrected chi connectivity index (χ2v) is 4.31. The van der Waals surface area contributed by atoms with Crippen LogP contribution in [0.25, 0.3) is 0 Å². The van der Waals surface area contributed by atoms with Gasteiger partial charge < -0.3 is 19.7 Å². The van der Waals surface area contributed by atoms with Gasteiger partial charge in [0.05, 0.1) is 20.1 Å². The molecule has 0 aromatic heterocycles. The lowest BCUT2D eigenvalue weighted by Gasteiger charge is -2.19. The lowest BCUT2D eigenvalue weighted by atomic mass is 10.2. The molecule has 0 radical (unpaired) electrons. The van der Waals surface area contributed by atoms with Crippen LogP contribution in [-0.4, -0.2) is 56.9 Å². The third-order valence-corrected chi connectivity index (χ3v) is 2.92. The maximum Gasteiger partial charge on any atom is 0.407 e. The van der Waals surface area contributed by atoms with Crippen molar-refractivity contribution < 1.29 is 19.1 Å². The number of hydrogen-bond acceptors (Lipinski definition) is 5. The highest BCUT2D eigenvalue weighted by molar-refractivity contribution is 5.72. The van der Waals surface area contributed by atoms with Crippen LogP contribution in [0.1, 0.15) is 13.3 Å². The van der Waals surface area contributed by atoms with Gasteiger partial charge in [-0.2, -0.15) is 0 Å². The van der Waals surface area contributed by atoms with E-state index in [-0.39, 0.29) is 17.9 Å². The summed E-state index contributed by atoms with van der Waals surface area (Å²) in [4.78, 5) is 24.4. The van der Waals surface area contributed by atoms with Crippen molar-refractivity contribution in [1.82, 2.24) is 10.2 Å². The van der Waals surface area contributed by atoms with Crippen LogP contribution >= 0.6 is 0 Å². The summed E-state index contributed by atoms with van der Waals surface area (Å²) in [6.45, 7) is 4.12. The van der Waals surface area contributed by atoms with Gasteiger partial charge in [-0.05, 0) is 6.42 Å². The molecule has 2 unspecified atom stereocenters. The molecule has 0 spiro atoms. The molecule has 1 heterocycles. The van der Waals surface area contributed by atoms with Gasteiger partial charge in [0, 0.05) is 25.7 Å². The number of alkyl carbamates (subject to hydrolysis) is 1. The zero-order valence-electron chi connectivity index (χ0n) is 10.6. The minimum Gasteiger partial charge on any atom is -0.469 e. The minimum atomic E-state index is -0.405. The number of methoxy groups -OCH3 is 2. The predicted molar refractivity (Wildman–Crippen MR) is 61.6 cm³/mol. The number of esters is 1. The van der Waals surface area contributed by atoms with Gasteiger partial charge in [0.2, 0.25) is 0 Å². The summed E-state index contributed by atoms with van der Waals surface area (Å²) in [6, 6.07) is 0.104. The van der Waals surface area contributed by atoms with Crippen molar-refractivity contribution in [3.8, 4) is 0 Å². The zero-order chi connectivity index (χ0) is 12.8. The molecule has 6 nitrogen and oxygen atoms in total. The maximum atomic E-state index is 11.3. The van der Waals surface area contributed by atoms with Gasteiger partial charge in [0.1, 0.15) is 0 Å². The number of hydrogen-bond donors (Lipinski definition) is 1. The quantitative estimate of drug-likeness (QED) is 0.717. The molecule has 98 valence electrons. The molecule has 1 N–H and O–H groups in total. The Morgan fingerprint density at radius 2 is 2.12 bits per heavy atom. The van der Waals surface area contributed by atoms with E-state index in [9.17, 15) is 9.59 Å². The van der Waals surface area contributed by atoms with Gasteiger partial charge >= 0.3 is 12.1 Å². The van der Waals surface area contributed by atoms with Gasteiger partial charge in [0.25, 0.3) is 0 Å². The first-order valence-electron chi connectivity index (χ1n) is 5.71. The molecule has 0 saturated carbocycles. The number of likely N-dealkylation sites (tertiary alicyclic amines) is 1. The van der Waals surface area contributed by atoms with E-state index < -0.39 is 6.09 Å². The summed E-state index contributed by atoms with van der Waals surface area (Å²) in [5, 5.41) is 2.76. The Morgan fingerprint density at radius 3 is 2.71 bits per heavy atom. The summed E-state index contributed by atoms with van der Waals surface area (Å²) in [5.41, 5.74) is 0. The molecule has 1 aliphatic heterocycles. The van der Waals surface area contributed by atoms with E-state index in [0.717, 1.165) is 19.5 Å². The van der Waals surface area contributed by atoms with E-state index in [1.807, 2.05) is 6.92 Å². The van der Waals surface area contributed by atoms with Crippen LogP contribution in [0.5, 0.6) is 0 Å². The summed E-state index contributed by atoms with van der Waals surface area (Å²) < 4.78 is 9.22. The molecule has 6 heteroatoms. The number of nitrogens with zero attached hydrogens (tertiary/aromatic N) is 1. The predicted octanol–water partition coefficient (Wildman–Crippen LogP) is 0.226. The monoisotopic (exact) mass is 244 g/mol. The van der Waals surface area contributed by atoms with Gasteiger partial charge in [-0.25, -0.2) is 4.79 Å². The molecule has 1 rings (SSSR count). The van der Waals surface area contributed by atoms with E-state index in [1.54, 1.807) is 0 Å². The SMILES string of the molecule is COC(=O)NC1CCN(CC(C)C(=O)OC)C1. The number of ether oxygens (including phenoxy) is 2. The smallest absolute Gasteiger partial charge is 0.407 e. The van der Waals surface area contributed by atoms with Crippen molar-refractivity contribution in [3.63, 3.8) is 0 Å². The van der Waals surface area contributed by atoms with Gasteiger partial charge in [-0.1, -0.05) is 6.92 Å². The van der Waals surface area contributed by atoms with Gasteiger partial charge in [0.15, 0.2) is 0 Å². The fourth-order valence-electron chi connectivity index (χ4n) is 2.00. The lowest BCUT2D eigenvalue weighted by Crippen LogP contribution is -2.38. The third kappa shape index (κ3) is 4.22. The second-order valence-electron chi connectivity index (χ2n) is 4.31. The van der Waals surface area contributed by atoms with Crippen molar-refractivity contribution in [2.45, 2.75) is 19.4 Å². The van der Waals surface area contributed by atoms with Gasteiger partial charge in [-0.3, -0.25) is 4.79 Å². The van der Waals surface area contributed by atoms with E-state index >= 15 is 0 Å². The number of nitrogens with one attached hydrogen (secondary N) is 1. The van der Waals surface area contributed by atoms with Gasteiger partial charge in [-0.15, -0.1) is 0 Å². The van der Waals surface area contributed by atoms with E-state index in [2.05, 4.69) is 19.7 Å². The van der Waals surface area contributed by atoms with Crippen molar-refractivity contribution in [2.24, 2.45) is 5.92 Å². The van der Waals surface area contributed by atoms with Crippen LogP contribution < -0.4 is 5.32 Å². The number of rotatable bonds is 4. The molecule has 1 saturated heterocycles. The molecule has 0 aliphatic carbocycles. The number of carbonyl (C=O) groups excluding carboxylic acids is 2. The Hall–Kier alpha value is -1.30. The first-order chi connectivity index (χ1) is 8.06. The van der Waals surface area contributed by atoms with Crippen molar-refractivity contribution in [1.29, 1.82) is 0 Å². The number of carbonyl (C=O) groups is 2. The Morgan fingerprint density at radius 1 is 1.41 bits per heavy atom. The largest absolute Gasteiger partial charge is 0.469 e. The highest BCUT2D eigenvalue weighted by atomic mass is 16.5. The Labute approximate surface area is 101 Å². The lowest BCUT2D eigenvalue weighted by molar-refractivity contribution is -0.145. The first kappa shape index (κ1) is 13.8. The minimum absolute atomic E-state index is 0.104. The van der Waals surface area contributed by atoms with Crippen LogP contribution in [0.2, 0.25) is 0 Å². The van der Waals surface area contributed by atoms with Crippen LogP contribution in [0.15, 0.2) is 0 Å². The summed E-state index contributed by atoms with van der Waals surface area (Å²) in [6.07, 6.45) is 0.473. The standard InChI is InChI=1S/C11H20N2O4/c1-8(10(14)16-2)6-13-5-4-9(7-13)12-11(15)17-3/h8-9H,4-7H2,1-3H3,(H,12,15). The Balaban J connectivity index is 2.30. The van der Waals surface area contributed by atoms with E-state index in [4.69, 9.17) is 0 Å². The van der Waals surface area contributed by atoms with E-state index in [0.29, 0.717) is 6.54 Å². The fraction of sp³-hybridized carbons (Fsp3) is 0.818. The average Bonchev–Trinajstić information content (AvgIpc) is 2.75. The van der Waals surface area contributed by atoms with E-state index in [1.165, 1.54) is 14.2 Å². The highest BCUT2D eigenvalue weighted by Crippen LogP contribution is 2.12. The molecular formula is C11H20N2O4. The van der Waals surface area contributed by atoms with Crippen molar-refractivity contribution in [3.05, 3.63) is 0 Å². The molecule has 2 atom stereocenters. The van der Waals surface area contributed by atoms with Crippen LogP contribution in [0.3, 0.4) is 0 Å². The maximum absolute atomic E-state index is 11.3. The topological polar surface area (TPSA) is 67.9 Å². The molecule has 0 aromatic carbocycles. The Kier molecular flexibility index (Phi) is 5.21. The molecule has 0 aromatic rings. The van der Waals surface area contributed by atoms with Crippen LogP contribution in [0.4, 0.5) is 4.79 Å². The highest BCUT2D eigenvalue weighted by Gasteiger charge is 2.26. The third-order valence-electron chi connectivity index (χ3n) is 2.92. The first-order valence-corrected chi connectivity index (χ1v) is 5.71. The molecule has 1 fully saturated rings.